The second kappa shape index (κ2) is 9.19. The normalized spacial score (nSPS) is 12.0. The minimum atomic E-state index is -0.0838. The molecular weight excluding hydrogens is 320 g/mol. The van der Waals surface area contributed by atoms with Gasteiger partial charge in [-0.3, -0.25) is 4.79 Å². The number of methoxy groups -OCH3 is 1. The lowest BCUT2D eigenvalue weighted by molar-refractivity contribution is -0.145. The van der Waals surface area contributed by atoms with Crippen LogP contribution in [0.5, 0.6) is 0 Å². The number of benzene rings is 3. The van der Waals surface area contributed by atoms with E-state index in [1.165, 1.54) is 29.0 Å². The molecule has 0 radical (unpaired) electrons. The van der Waals surface area contributed by atoms with E-state index in [0.29, 0.717) is 0 Å². The van der Waals surface area contributed by atoms with E-state index >= 15 is 0 Å². The lowest BCUT2D eigenvalue weighted by Gasteiger charge is -2.14. The van der Waals surface area contributed by atoms with Crippen molar-refractivity contribution >= 4 is 16.7 Å². The van der Waals surface area contributed by atoms with Crippen LogP contribution in [-0.2, 0) is 22.4 Å². The zero-order valence-corrected chi connectivity index (χ0v) is 15.4. The minimum Gasteiger partial charge on any atom is -0.469 e. The van der Waals surface area contributed by atoms with Crippen molar-refractivity contribution in [3.63, 3.8) is 0 Å². The SMILES string of the molecule is COC(=O)C(CCCc1ccc2ccccc2c1)CCc1ccccc1. The van der Waals surface area contributed by atoms with Crippen molar-refractivity contribution in [1.29, 1.82) is 0 Å². The molecule has 0 bridgehead atoms. The largest absolute Gasteiger partial charge is 0.469 e. The fourth-order valence-corrected chi connectivity index (χ4v) is 3.48. The molecule has 0 saturated heterocycles. The first-order valence-corrected chi connectivity index (χ1v) is 9.35. The highest BCUT2D eigenvalue weighted by Gasteiger charge is 2.18. The molecule has 0 N–H and O–H groups in total. The van der Waals surface area contributed by atoms with Gasteiger partial charge in [-0.2, -0.15) is 0 Å². The third kappa shape index (κ3) is 4.95. The van der Waals surface area contributed by atoms with Crippen LogP contribution in [0.2, 0.25) is 0 Å². The van der Waals surface area contributed by atoms with Crippen molar-refractivity contribution in [2.24, 2.45) is 5.92 Å². The van der Waals surface area contributed by atoms with Crippen LogP contribution in [0, 0.1) is 5.92 Å². The third-order valence-electron chi connectivity index (χ3n) is 4.99. The Morgan fingerprint density at radius 3 is 2.31 bits per heavy atom. The van der Waals surface area contributed by atoms with E-state index in [-0.39, 0.29) is 11.9 Å². The Balaban J connectivity index is 1.55. The molecule has 0 aliphatic rings. The number of ether oxygens (including phenoxy) is 1. The van der Waals surface area contributed by atoms with Gasteiger partial charge in [0.15, 0.2) is 0 Å². The van der Waals surface area contributed by atoms with Crippen LogP contribution < -0.4 is 0 Å². The van der Waals surface area contributed by atoms with Gasteiger partial charge in [-0.25, -0.2) is 0 Å². The molecule has 0 fully saturated rings. The Morgan fingerprint density at radius 2 is 1.54 bits per heavy atom. The van der Waals surface area contributed by atoms with Crippen LogP contribution in [0.1, 0.15) is 30.4 Å². The molecule has 26 heavy (non-hydrogen) atoms. The summed E-state index contributed by atoms with van der Waals surface area (Å²) in [6.45, 7) is 0. The van der Waals surface area contributed by atoms with Gasteiger partial charge < -0.3 is 4.74 Å². The quantitative estimate of drug-likeness (QED) is 0.497. The van der Waals surface area contributed by atoms with Crippen molar-refractivity contribution in [3.05, 3.63) is 83.9 Å². The lowest BCUT2D eigenvalue weighted by Crippen LogP contribution is -2.17. The molecule has 0 amide bonds. The second-order valence-electron chi connectivity index (χ2n) is 6.82. The molecule has 134 valence electrons. The summed E-state index contributed by atoms with van der Waals surface area (Å²) in [5, 5.41) is 2.55. The minimum absolute atomic E-state index is 0.0272. The number of esters is 1. The molecular formula is C24H26O2. The van der Waals surface area contributed by atoms with Gasteiger partial charge in [0.25, 0.3) is 0 Å². The summed E-state index contributed by atoms with van der Waals surface area (Å²) in [5.41, 5.74) is 2.60. The molecule has 2 heteroatoms. The van der Waals surface area contributed by atoms with Gasteiger partial charge in [-0.15, -0.1) is 0 Å². The smallest absolute Gasteiger partial charge is 0.308 e. The number of hydrogen-bond donors (Lipinski definition) is 0. The van der Waals surface area contributed by atoms with Gasteiger partial charge in [0.05, 0.1) is 13.0 Å². The van der Waals surface area contributed by atoms with Gasteiger partial charge in [0, 0.05) is 0 Å². The maximum Gasteiger partial charge on any atom is 0.308 e. The van der Waals surface area contributed by atoms with Gasteiger partial charge in [0.1, 0.15) is 0 Å². The maximum atomic E-state index is 12.1. The predicted octanol–water partition coefficient (Wildman–Crippen LogP) is 5.58. The summed E-state index contributed by atoms with van der Waals surface area (Å²) in [6.07, 6.45) is 4.61. The Morgan fingerprint density at radius 1 is 0.808 bits per heavy atom. The molecule has 3 rings (SSSR count). The monoisotopic (exact) mass is 346 g/mol. The zero-order chi connectivity index (χ0) is 18.2. The Bertz CT molecular complexity index is 839. The van der Waals surface area contributed by atoms with Gasteiger partial charge >= 0.3 is 5.97 Å². The number of fused-ring (bicyclic) bond motifs is 1. The highest BCUT2D eigenvalue weighted by Crippen LogP contribution is 2.21. The fourth-order valence-electron chi connectivity index (χ4n) is 3.48. The molecule has 0 saturated carbocycles. The summed E-state index contributed by atoms with van der Waals surface area (Å²) < 4.78 is 5.02. The predicted molar refractivity (Wildman–Crippen MR) is 107 cm³/mol. The van der Waals surface area contributed by atoms with E-state index in [0.717, 1.165) is 32.1 Å². The van der Waals surface area contributed by atoms with Gasteiger partial charge in [-0.1, -0.05) is 72.8 Å². The van der Waals surface area contributed by atoms with Crippen molar-refractivity contribution in [3.8, 4) is 0 Å². The molecule has 3 aromatic carbocycles. The van der Waals surface area contributed by atoms with Crippen LogP contribution in [0.25, 0.3) is 10.8 Å². The van der Waals surface area contributed by atoms with E-state index in [4.69, 9.17) is 4.74 Å². The first kappa shape index (κ1) is 18.2. The Labute approximate surface area is 155 Å². The first-order valence-electron chi connectivity index (χ1n) is 9.35. The van der Waals surface area contributed by atoms with Crippen LogP contribution in [0.3, 0.4) is 0 Å². The fraction of sp³-hybridized carbons (Fsp3) is 0.292. The first-order chi connectivity index (χ1) is 12.8. The molecule has 0 spiro atoms. The average Bonchev–Trinajstić information content (AvgIpc) is 2.70. The molecule has 3 aromatic rings. The van der Waals surface area contributed by atoms with Crippen LogP contribution in [0.4, 0.5) is 0 Å². The van der Waals surface area contributed by atoms with E-state index < -0.39 is 0 Å². The van der Waals surface area contributed by atoms with Crippen molar-refractivity contribution < 1.29 is 9.53 Å². The van der Waals surface area contributed by atoms with Gasteiger partial charge in [0.2, 0.25) is 0 Å². The summed E-state index contributed by atoms with van der Waals surface area (Å²) >= 11 is 0. The Kier molecular flexibility index (Phi) is 6.43. The topological polar surface area (TPSA) is 26.3 Å². The number of aryl methyl sites for hydroxylation is 2. The molecule has 2 nitrogen and oxygen atoms in total. The molecule has 1 atom stereocenters. The molecule has 0 aliphatic heterocycles. The summed E-state index contributed by atoms with van der Waals surface area (Å²) in [5.74, 6) is -0.111. The van der Waals surface area contributed by atoms with Crippen LogP contribution in [0.15, 0.2) is 72.8 Å². The average molecular weight is 346 g/mol. The van der Waals surface area contributed by atoms with E-state index in [2.05, 4.69) is 54.6 Å². The third-order valence-corrected chi connectivity index (χ3v) is 4.99. The van der Waals surface area contributed by atoms with Crippen molar-refractivity contribution in [1.82, 2.24) is 0 Å². The molecule has 0 heterocycles. The van der Waals surface area contributed by atoms with E-state index in [1.54, 1.807) is 0 Å². The number of rotatable bonds is 8. The highest BCUT2D eigenvalue weighted by molar-refractivity contribution is 5.83. The van der Waals surface area contributed by atoms with Crippen LogP contribution >= 0.6 is 0 Å². The standard InChI is InChI=1S/C24H26O2/c1-26-24(25)22(17-14-19-8-3-2-4-9-19)13-7-10-20-15-16-21-11-5-6-12-23(21)18-20/h2-6,8-9,11-12,15-16,18,22H,7,10,13-14,17H2,1H3. The summed E-state index contributed by atoms with van der Waals surface area (Å²) in [6, 6.07) is 25.4. The second-order valence-corrected chi connectivity index (χ2v) is 6.82. The molecule has 0 aliphatic carbocycles. The lowest BCUT2D eigenvalue weighted by atomic mass is 9.93. The number of hydrogen-bond acceptors (Lipinski definition) is 2. The summed E-state index contributed by atoms with van der Waals surface area (Å²) in [7, 11) is 1.49. The number of carbonyl (C=O) groups is 1. The Hall–Kier alpha value is -2.61. The van der Waals surface area contributed by atoms with E-state index in [1.807, 2.05) is 18.2 Å². The number of carbonyl (C=O) groups excluding carboxylic acids is 1. The van der Waals surface area contributed by atoms with Gasteiger partial charge in [-0.05, 0) is 54.0 Å². The highest BCUT2D eigenvalue weighted by atomic mass is 16.5. The van der Waals surface area contributed by atoms with Crippen molar-refractivity contribution in [2.75, 3.05) is 7.11 Å². The van der Waals surface area contributed by atoms with E-state index in [9.17, 15) is 4.79 Å². The van der Waals surface area contributed by atoms with Crippen LogP contribution in [-0.4, -0.2) is 13.1 Å². The summed E-state index contributed by atoms with van der Waals surface area (Å²) in [4.78, 5) is 12.1. The molecule has 0 aromatic heterocycles. The zero-order valence-electron chi connectivity index (χ0n) is 15.4. The molecule has 1 unspecified atom stereocenters. The van der Waals surface area contributed by atoms with Crippen molar-refractivity contribution in [2.45, 2.75) is 32.1 Å². The maximum absolute atomic E-state index is 12.1.